The lowest BCUT2D eigenvalue weighted by Gasteiger charge is -2.24. The minimum Gasteiger partial charge on any atom is -0.457 e. The molecule has 0 radical (unpaired) electrons. The van der Waals surface area contributed by atoms with Gasteiger partial charge in [0.2, 0.25) is 0 Å². The first-order chi connectivity index (χ1) is 9.81. The maximum atomic E-state index is 5.88. The number of anilines is 1. The minimum atomic E-state index is 0.457. The summed E-state index contributed by atoms with van der Waals surface area (Å²) >= 11 is 0. The van der Waals surface area contributed by atoms with Crippen LogP contribution in [0.5, 0.6) is 11.5 Å². The molecule has 1 aliphatic heterocycles. The quantitative estimate of drug-likeness (QED) is 0.831. The Hall–Kier alpha value is -2.00. The second kappa shape index (κ2) is 5.97. The molecule has 3 nitrogen and oxygen atoms in total. The van der Waals surface area contributed by atoms with Gasteiger partial charge in [-0.2, -0.15) is 0 Å². The van der Waals surface area contributed by atoms with Crippen LogP contribution in [0.25, 0.3) is 0 Å². The number of hydrogen-bond donors (Lipinski definition) is 2. The summed E-state index contributed by atoms with van der Waals surface area (Å²) in [5.41, 5.74) is 7.73. The number of rotatable bonds is 3. The maximum Gasteiger partial charge on any atom is 0.127 e. The molecule has 0 aromatic heterocycles. The van der Waals surface area contributed by atoms with Crippen molar-refractivity contribution in [3.63, 3.8) is 0 Å². The highest BCUT2D eigenvalue weighted by Gasteiger charge is 2.14. The van der Waals surface area contributed by atoms with Crippen molar-refractivity contribution in [1.29, 1.82) is 0 Å². The van der Waals surface area contributed by atoms with E-state index in [9.17, 15) is 0 Å². The third-order valence-corrected chi connectivity index (χ3v) is 3.69. The Bertz CT molecular complexity index is 559. The SMILES string of the molecule is Nc1ccc(Oc2cccc(C3CCCCN3)c2)cc1. The van der Waals surface area contributed by atoms with Gasteiger partial charge in [0.1, 0.15) is 11.5 Å². The van der Waals surface area contributed by atoms with Crippen LogP contribution >= 0.6 is 0 Å². The van der Waals surface area contributed by atoms with E-state index in [1.165, 1.54) is 24.8 Å². The van der Waals surface area contributed by atoms with Crippen molar-refractivity contribution in [2.75, 3.05) is 12.3 Å². The third kappa shape index (κ3) is 3.11. The number of ether oxygens (including phenoxy) is 1. The average molecular weight is 268 g/mol. The summed E-state index contributed by atoms with van der Waals surface area (Å²) in [7, 11) is 0. The largest absolute Gasteiger partial charge is 0.457 e. The molecule has 1 heterocycles. The van der Waals surface area contributed by atoms with E-state index >= 15 is 0 Å². The van der Waals surface area contributed by atoms with E-state index in [0.717, 1.165) is 23.7 Å². The number of nitrogen functional groups attached to an aromatic ring is 1. The predicted molar refractivity (Wildman–Crippen MR) is 82.0 cm³/mol. The summed E-state index contributed by atoms with van der Waals surface area (Å²) in [4.78, 5) is 0. The van der Waals surface area contributed by atoms with Gasteiger partial charge in [-0.05, 0) is 61.3 Å². The van der Waals surface area contributed by atoms with Crippen molar-refractivity contribution < 1.29 is 4.74 Å². The van der Waals surface area contributed by atoms with Gasteiger partial charge in [-0.3, -0.25) is 0 Å². The summed E-state index contributed by atoms with van der Waals surface area (Å²) in [5.74, 6) is 1.69. The van der Waals surface area contributed by atoms with E-state index in [1.807, 2.05) is 30.3 Å². The first kappa shape index (κ1) is 13.0. The molecule has 3 N–H and O–H groups in total. The molecule has 0 spiro atoms. The van der Waals surface area contributed by atoms with Crippen LogP contribution in [-0.4, -0.2) is 6.54 Å². The van der Waals surface area contributed by atoms with Gasteiger partial charge in [0.15, 0.2) is 0 Å². The van der Waals surface area contributed by atoms with Gasteiger partial charge in [-0.15, -0.1) is 0 Å². The summed E-state index contributed by atoms with van der Waals surface area (Å²) in [5, 5.41) is 3.56. The number of nitrogens with one attached hydrogen (secondary N) is 1. The summed E-state index contributed by atoms with van der Waals surface area (Å²) in [6.07, 6.45) is 3.77. The topological polar surface area (TPSA) is 47.3 Å². The number of hydrogen-bond acceptors (Lipinski definition) is 3. The van der Waals surface area contributed by atoms with E-state index < -0.39 is 0 Å². The molecule has 3 heteroatoms. The summed E-state index contributed by atoms with van der Waals surface area (Å²) in [6, 6.07) is 16.3. The minimum absolute atomic E-state index is 0.457. The number of benzene rings is 2. The van der Waals surface area contributed by atoms with Gasteiger partial charge >= 0.3 is 0 Å². The Balaban J connectivity index is 1.75. The van der Waals surface area contributed by atoms with Crippen molar-refractivity contribution >= 4 is 5.69 Å². The van der Waals surface area contributed by atoms with Crippen LogP contribution in [0.2, 0.25) is 0 Å². The Morgan fingerprint density at radius 2 is 1.85 bits per heavy atom. The molecule has 1 atom stereocenters. The fraction of sp³-hybridized carbons (Fsp3) is 0.294. The second-order valence-electron chi connectivity index (χ2n) is 5.25. The third-order valence-electron chi connectivity index (χ3n) is 3.69. The molecular formula is C17H20N2O. The molecule has 1 aliphatic rings. The van der Waals surface area contributed by atoms with Gasteiger partial charge in [0, 0.05) is 11.7 Å². The Morgan fingerprint density at radius 3 is 2.60 bits per heavy atom. The van der Waals surface area contributed by atoms with Crippen LogP contribution < -0.4 is 15.8 Å². The van der Waals surface area contributed by atoms with Crippen molar-refractivity contribution in [1.82, 2.24) is 5.32 Å². The lowest BCUT2D eigenvalue weighted by molar-refractivity contribution is 0.410. The van der Waals surface area contributed by atoms with Gasteiger partial charge in [-0.1, -0.05) is 18.6 Å². The maximum absolute atomic E-state index is 5.88. The van der Waals surface area contributed by atoms with Crippen molar-refractivity contribution in [2.24, 2.45) is 0 Å². The van der Waals surface area contributed by atoms with Crippen molar-refractivity contribution in [3.05, 3.63) is 54.1 Å². The first-order valence-electron chi connectivity index (χ1n) is 7.18. The zero-order valence-electron chi connectivity index (χ0n) is 11.5. The van der Waals surface area contributed by atoms with E-state index in [1.54, 1.807) is 0 Å². The average Bonchev–Trinajstić information content (AvgIpc) is 2.51. The lowest BCUT2D eigenvalue weighted by Crippen LogP contribution is -2.26. The number of nitrogens with two attached hydrogens (primary N) is 1. The van der Waals surface area contributed by atoms with E-state index in [0.29, 0.717) is 6.04 Å². The van der Waals surface area contributed by atoms with Gasteiger partial charge in [0.25, 0.3) is 0 Å². The van der Waals surface area contributed by atoms with Crippen molar-refractivity contribution in [2.45, 2.75) is 25.3 Å². The standard InChI is InChI=1S/C17H20N2O/c18-14-7-9-15(10-8-14)20-16-5-3-4-13(12-16)17-6-1-2-11-19-17/h3-5,7-10,12,17,19H,1-2,6,11,18H2. The molecule has 1 fully saturated rings. The molecular weight excluding hydrogens is 248 g/mol. The molecule has 0 aliphatic carbocycles. The Labute approximate surface area is 119 Å². The second-order valence-corrected chi connectivity index (χ2v) is 5.25. The highest BCUT2D eigenvalue weighted by molar-refractivity contribution is 5.43. The zero-order valence-corrected chi connectivity index (χ0v) is 11.5. The van der Waals surface area contributed by atoms with Gasteiger partial charge < -0.3 is 15.8 Å². The smallest absolute Gasteiger partial charge is 0.127 e. The van der Waals surface area contributed by atoms with Gasteiger partial charge in [0.05, 0.1) is 0 Å². The molecule has 0 bridgehead atoms. The molecule has 0 saturated carbocycles. The molecule has 3 rings (SSSR count). The van der Waals surface area contributed by atoms with E-state index in [4.69, 9.17) is 10.5 Å². The van der Waals surface area contributed by atoms with E-state index in [-0.39, 0.29) is 0 Å². The van der Waals surface area contributed by atoms with Crippen LogP contribution in [0.4, 0.5) is 5.69 Å². The highest BCUT2D eigenvalue weighted by Crippen LogP contribution is 2.28. The van der Waals surface area contributed by atoms with E-state index in [2.05, 4.69) is 23.5 Å². The number of piperidine rings is 1. The normalized spacial score (nSPS) is 18.7. The Morgan fingerprint density at radius 1 is 1.00 bits per heavy atom. The summed E-state index contributed by atoms with van der Waals surface area (Å²) in [6.45, 7) is 1.10. The molecule has 2 aromatic carbocycles. The summed E-state index contributed by atoms with van der Waals surface area (Å²) < 4.78 is 5.88. The molecule has 0 amide bonds. The monoisotopic (exact) mass is 268 g/mol. The lowest BCUT2D eigenvalue weighted by atomic mass is 9.97. The predicted octanol–water partition coefficient (Wildman–Crippen LogP) is 3.88. The highest BCUT2D eigenvalue weighted by atomic mass is 16.5. The molecule has 2 aromatic rings. The first-order valence-corrected chi connectivity index (χ1v) is 7.18. The van der Waals surface area contributed by atoms with Gasteiger partial charge in [-0.25, -0.2) is 0 Å². The van der Waals surface area contributed by atoms with Crippen molar-refractivity contribution in [3.8, 4) is 11.5 Å². The molecule has 1 unspecified atom stereocenters. The fourth-order valence-corrected chi connectivity index (χ4v) is 2.60. The van der Waals surface area contributed by atoms with Crippen LogP contribution in [0.1, 0.15) is 30.9 Å². The Kier molecular flexibility index (Phi) is 3.88. The van der Waals surface area contributed by atoms with Crippen LogP contribution in [0.3, 0.4) is 0 Å². The molecule has 1 saturated heterocycles. The van der Waals surface area contributed by atoms with Crippen LogP contribution in [-0.2, 0) is 0 Å². The fourth-order valence-electron chi connectivity index (χ4n) is 2.60. The van der Waals surface area contributed by atoms with Crippen LogP contribution in [0, 0.1) is 0 Å². The molecule has 20 heavy (non-hydrogen) atoms. The zero-order chi connectivity index (χ0) is 13.8. The van der Waals surface area contributed by atoms with Crippen LogP contribution in [0.15, 0.2) is 48.5 Å². The molecule has 104 valence electrons.